The number of rotatable bonds is 2. The number of benzene rings is 1. The van der Waals surface area contributed by atoms with Gasteiger partial charge in [-0.05, 0) is 29.8 Å². The molecule has 1 aliphatic heterocycles. The smallest absolute Gasteiger partial charge is 0.244 e. The average molecular weight is 267 g/mol. The number of fused-ring (bicyclic) bond motifs is 1. The minimum Gasteiger partial charge on any atom is -0.323 e. The summed E-state index contributed by atoms with van der Waals surface area (Å²) in [6, 6.07) is 10.9. The second-order valence-corrected chi connectivity index (χ2v) is 4.58. The molecular weight excluding hydrogens is 254 g/mol. The van der Waals surface area contributed by atoms with Crippen molar-refractivity contribution >= 4 is 23.2 Å². The molecule has 2 aromatic rings. The largest absolute Gasteiger partial charge is 0.323 e. The SMILES string of the molecule is O=C1CN(C(=O)Cc2ccncc2)c2ccccc2N1. The lowest BCUT2D eigenvalue weighted by molar-refractivity contribution is -0.121. The third kappa shape index (κ3) is 2.38. The normalized spacial score (nSPS) is 13.6. The highest BCUT2D eigenvalue weighted by atomic mass is 16.2. The zero-order chi connectivity index (χ0) is 13.9. The summed E-state index contributed by atoms with van der Waals surface area (Å²) in [5.74, 6) is -0.273. The number of carbonyl (C=O) groups is 2. The monoisotopic (exact) mass is 267 g/mol. The van der Waals surface area contributed by atoms with Gasteiger partial charge in [0.25, 0.3) is 0 Å². The minimum absolute atomic E-state index is 0.0565. The van der Waals surface area contributed by atoms with E-state index >= 15 is 0 Å². The zero-order valence-corrected chi connectivity index (χ0v) is 10.7. The Hall–Kier alpha value is -2.69. The molecule has 3 rings (SSSR count). The molecule has 0 atom stereocenters. The van der Waals surface area contributed by atoms with Gasteiger partial charge in [-0.1, -0.05) is 12.1 Å². The molecule has 2 amide bonds. The lowest BCUT2D eigenvalue weighted by Crippen LogP contribution is -2.42. The van der Waals surface area contributed by atoms with Gasteiger partial charge < -0.3 is 10.2 Å². The van der Waals surface area contributed by atoms with Crippen molar-refractivity contribution in [2.45, 2.75) is 6.42 Å². The molecule has 0 saturated heterocycles. The number of hydrogen-bond donors (Lipinski definition) is 1. The fraction of sp³-hybridized carbons (Fsp3) is 0.133. The Morgan fingerprint density at radius 2 is 1.95 bits per heavy atom. The predicted molar refractivity (Wildman–Crippen MR) is 75.4 cm³/mol. The number of nitrogens with one attached hydrogen (secondary N) is 1. The van der Waals surface area contributed by atoms with Crippen LogP contribution in [0.5, 0.6) is 0 Å². The van der Waals surface area contributed by atoms with Crippen molar-refractivity contribution < 1.29 is 9.59 Å². The number of aromatic nitrogens is 1. The second kappa shape index (κ2) is 5.13. The van der Waals surface area contributed by atoms with Crippen molar-refractivity contribution in [3.63, 3.8) is 0 Å². The molecule has 1 aromatic heterocycles. The standard InChI is InChI=1S/C15H13N3O2/c19-14-10-18(13-4-2-1-3-12(13)17-14)15(20)9-11-5-7-16-8-6-11/h1-8H,9-10H2,(H,17,19). The van der Waals surface area contributed by atoms with E-state index in [1.165, 1.54) is 4.90 Å². The van der Waals surface area contributed by atoms with Gasteiger partial charge in [-0.25, -0.2) is 0 Å². The molecule has 1 N–H and O–H groups in total. The quantitative estimate of drug-likeness (QED) is 0.899. The van der Waals surface area contributed by atoms with Crippen LogP contribution in [0.4, 0.5) is 11.4 Å². The molecule has 2 heterocycles. The lowest BCUT2D eigenvalue weighted by Gasteiger charge is -2.29. The molecule has 5 heteroatoms. The first kappa shape index (κ1) is 12.3. The molecule has 0 spiro atoms. The van der Waals surface area contributed by atoms with Gasteiger partial charge in [0.1, 0.15) is 6.54 Å². The molecule has 0 unspecified atom stereocenters. The van der Waals surface area contributed by atoms with Crippen LogP contribution in [0.3, 0.4) is 0 Å². The molecule has 0 bridgehead atoms. The first-order chi connectivity index (χ1) is 9.74. The van der Waals surface area contributed by atoms with Crippen LogP contribution >= 0.6 is 0 Å². The average Bonchev–Trinajstić information content (AvgIpc) is 2.47. The van der Waals surface area contributed by atoms with E-state index < -0.39 is 0 Å². The summed E-state index contributed by atoms with van der Waals surface area (Å²) >= 11 is 0. The van der Waals surface area contributed by atoms with Crippen molar-refractivity contribution in [3.05, 3.63) is 54.4 Å². The highest BCUT2D eigenvalue weighted by Gasteiger charge is 2.26. The molecule has 100 valence electrons. The number of anilines is 2. The summed E-state index contributed by atoms with van der Waals surface area (Å²) in [5, 5.41) is 2.77. The van der Waals surface area contributed by atoms with E-state index in [2.05, 4.69) is 10.3 Å². The van der Waals surface area contributed by atoms with E-state index in [9.17, 15) is 9.59 Å². The number of hydrogen-bond acceptors (Lipinski definition) is 3. The Bertz CT molecular complexity index is 655. The molecule has 0 aliphatic carbocycles. The Morgan fingerprint density at radius 3 is 2.75 bits per heavy atom. The van der Waals surface area contributed by atoms with Gasteiger partial charge in [0.05, 0.1) is 17.8 Å². The maximum absolute atomic E-state index is 12.4. The summed E-state index contributed by atoms with van der Waals surface area (Å²) in [5.41, 5.74) is 2.30. The Labute approximate surface area is 116 Å². The lowest BCUT2D eigenvalue weighted by atomic mass is 10.1. The van der Waals surface area contributed by atoms with Crippen molar-refractivity contribution in [1.82, 2.24) is 4.98 Å². The second-order valence-electron chi connectivity index (χ2n) is 4.58. The topological polar surface area (TPSA) is 62.3 Å². The van der Waals surface area contributed by atoms with Crippen molar-refractivity contribution in [2.24, 2.45) is 0 Å². The maximum Gasteiger partial charge on any atom is 0.244 e. The Morgan fingerprint density at radius 1 is 1.20 bits per heavy atom. The number of carbonyl (C=O) groups excluding carboxylic acids is 2. The molecule has 0 saturated carbocycles. The van der Waals surface area contributed by atoms with Gasteiger partial charge in [0.15, 0.2) is 0 Å². The van der Waals surface area contributed by atoms with Crippen molar-refractivity contribution in [1.29, 1.82) is 0 Å². The fourth-order valence-electron chi connectivity index (χ4n) is 2.23. The highest BCUT2D eigenvalue weighted by molar-refractivity contribution is 6.10. The molecular formula is C15H13N3O2. The highest BCUT2D eigenvalue weighted by Crippen LogP contribution is 2.29. The van der Waals surface area contributed by atoms with Crippen LogP contribution in [0.15, 0.2) is 48.8 Å². The molecule has 1 aliphatic rings. The number of amides is 2. The van der Waals surface area contributed by atoms with Crippen molar-refractivity contribution in [2.75, 3.05) is 16.8 Å². The fourth-order valence-corrected chi connectivity index (χ4v) is 2.23. The van der Waals surface area contributed by atoms with Gasteiger partial charge >= 0.3 is 0 Å². The summed E-state index contributed by atoms with van der Waals surface area (Å²) in [7, 11) is 0. The Balaban J connectivity index is 1.87. The van der Waals surface area contributed by atoms with Gasteiger partial charge in [0.2, 0.25) is 11.8 Å². The zero-order valence-electron chi connectivity index (χ0n) is 10.7. The summed E-state index contributed by atoms with van der Waals surface area (Å²) in [6.45, 7) is 0.0565. The molecule has 0 fully saturated rings. The van der Waals surface area contributed by atoms with Crippen LogP contribution in [0, 0.1) is 0 Å². The first-order valence-corrected chi connectivity index (χ1v) is 6.32. The summed E-state index contributed by atoms with van der Waals surface area (Å²) < 4.78 is 0. The maximum atomic E-state index is 12.4. The van der Waals surface area contributed by atoms with E-state index in [0.717, 1.165) is 11.3 Å². The number of pyridine rings is 1. The van der Waals surface area contributed by atoms with E-state index in [-0.39, 0.29) is 24.8 Å². The van der Waals surface area contributed by atoms with Crippen LogP contribution < -0.4 is 10.2 Å². The van der Waals surface area contributed by atoms with Crippen LogP contribution in [-0.2, 0) is 16.0 Å². The van der Waals surface area contributed by atoms with E-state index in [1.807, 2.05) is 18.2 Å². The van der Waals surface area contributed by atoms with Crippen LogP contribution in [0.2, 0.25) is 0 Å². The van der Waals surface area contributed by atoms with Gasteiger partial charge in [-0.3, -0.25) is 14.6 Å². The van der Waals surface area contributed by atoms with Crippen molar-refractivity contribution in [3.8, 4) is 0 Å². The van der Waals surface area contributed by atoms with Gasteiger partial charge in [-0.15, -0.1) is 0 Å². The van der Waals surface area contributed by atoms with Crippen LogP contribution in [0.1, 0.15) is 5.56 Å². The first-order valence-electron chi connectivity index (χ1n) is 6.32. The third-order valence-electron chi connectivity index (χ3n) is 3.18. The molecule has 5 nitrogen and oxygen atoms in total. The van der Waals surface area contributed by atoms with E-state index in [1.54, 1.807) is 30.6 Å². The van der Waals surface area contributed by atoms with Gasteiger partial charge in [0, 0.05) is 12.4 Å². The van der Waals surface area contributed by atoms with Gasteiger partial charge in [-0.2, -0.15) is 0 Å². The summed E-state index contributed by atoms with van der Waals surface area (Å²) in [4.78, 5) is 29.5. The molecule has 20 heavy (non-hydrogen) atoms. The van der Waals surface area contributed by atoms with Crippen LogP contribution in [0.25, 0.3) is 0 Å². The molecule has 1 aromatic carbocycles. The Kier molecular flexibility index (Phi) is 3.16. The van der Waals surface area contributed by atoms with Crippen LogP contribution in [-0.4, -0.2) is 23.3 Å². The minimum atomic E-state index is -0.174. The third-order valence-corrected chi connectivity index (χ3v) is 3.18. The number of nitrogens with zero attached hydrogens (tertiary/aromatic N) is 2. The van der Waals surface area contributed by atoms with E-state index in [4.69, 9.17) is 0 Å². The predicted octanol–water partition coefficient (Wildman–Crippen LogP) is 1.61. The van der Waals surface area contributed by atoms with E-state index in [0.29, 0.717) is 5.69 Å². The summed E-state index contributed by atoms with van der Waals surface area (Å²) in [6.07, 6.45) is 3.56. The number of para-hydroxylation sites is 2. The molecule has 0 radical (unpaired) electrons.